The van der Waals surface area contributed by atoms with Crippen LogP contribution in [0.3, 0.4) is 0 Å². The van der Waals surface area contributed by atoms with Gasteiger partial charge in [0.1, 0.15) is 0 Å². The van der Waals surface area contributed by atoms with Gasteiger partial charge < -0.3 is 0 Å². The van der Waals surface area contributed by atoms with E-state index in [1.54, 1.807) is 0 Å². The van der Waals surface area contributed by atoms with Crippen LogP contribution in [-0.4, -0.2) is 37.7 Å². The molecule has 2 aliphatic rings. The monoisotopic (exact) mass is 246 g/mol. The van der Waals surface area contributed by atoms with Crippen LogP contribution in [0, 0.1) is 5.92 Å². The Hall–Kier alpha value is -0.130. The minimum atomic E-state index is -3.38. The second-order valence-electron chi connectivity index (χ2n) is 5.08. The Morgan fingerprint density at radius 2 is 1.94 bits per heavy atom. The van der Waals surface area contributed by atoms with E-state index in [9.17, 15) is 8.42 Å². The van der Waals surface area contributed by atoms with E-state index in [4.69, 9.17) is 5.14 Å². The van der Waals surface area contributed by atoms with Crippen LogP contribution in [0.4, 0.5) is 0 Å². The molecule has 0 unspecified atom stereocenters. The lowest BCUT2D eigenvalue weighted by Crippen LogP contribution is -2.57. The molecule has 1 saturated carbocycles. The maximum absolute atomic E-state index is 11.7. The number of rotatable bonds is 2. The molecular formula is C11H22N2O2S. The summed E-state index contributed by atoms with van der Waals surface area (Å²) >= 11 is 0. The molecule has 0 aromatic rings. The van der Waals surface area contributed by atoms with E-state index in [1.807, 2.05) is 0 Å². The number of hydrogen-bond donors (Lipinski definition) is 1. The Bertz CT molecular complexity index is 333. The van der Waals surface area contributed by atoms with Gasteiger partial charge >= 0.3 is 0 Å². The van der Waals surface area contributed by atoms with E-state index in [1.165, 1.54) is 19.3 Å². The zero-order valence-electron chi connectivity index (χ0n) is 9.93. The van der Waals surface area contributed by atoms with E-state index in [0.29, 0.717) is 5.92 Å². The molecule has 1 aliphatic carbocycles. The molecule has 5 heteroatoms. The molecule has 0 aromatic heterocycles. The van der Waals surface area contributed by atoms with E-state index in [2.05, 4.69) is 11.8 Å². The van der Waals surface area contributed by atoms with Crippen LogP contribution >= 0.6 is 0 Å². The number of likely N-dealkylation sites (tertiary alicyclic amines) is 1. The van der Waals surface area contributed by atoms with Gasteiger partial charge in [0.2, 0.25) is 10.0 Å². The fourth-order valence-electron chi connectivity index (χ4n) is 3.51. The molecule has 1 saturated heterocycles. The van der Waals surface area contributed by atoms with Crippen molar-refractivity contribution >= 4 is 10.0 Å². The third kappa shape index (κ3) is 2.26. The maximum atomic E-state index is 11.7. The van der Waals surface area contributed by atoms with Gasteiger partial charge in [-0.25, -0.2) is 13.6 Å². The zero-order valence-corrected chi connectivity index (χ0v) is 10.7. The smallest absolute Gasteiger partial charge is 0.213 e. The average Bonchev–Trinajstić information content (AvgIpc) is 2.26. The first-order valence-corrected chi connectivity index (χ1v) is 7.90. The maximum Gasteiger partial charge on any atom is 0.213 e. The summed E-state index contributed by atoms with van der Waals surface area (Å²) in [5, 5.41) is 5.05. The van der Waals surface area contributed by atoms with Crippen LogP contribution in [0.15, 0.2) is 0 Å². The summed E-state index contributed by atoms with van der Waals surface area (Å²) in [6, 6.07) is 0.183. The average molecular weight is 246 g/mol. The van der Waals surface area contributed by atoms with Crippen molar-refractivity contribution in [2.45, 2.75) is 50.3 Å². The van der Waals surface area contributed by atoms with Crippen molar-refractivity contribution in [3.8, 4) is 0 Å². The molecule has 0 amide bonds. The van der Waals surface area contributed by atoms with Gasteiger partial charge in [0.15, 0.2) is 0 Å². The van der Waals surface area contributed by atoms with Crippen LogP contribution in [0.2, 0.25) is 0 Å². The molecule has 0 radical (unpaired) electrons. The predicted molar refractivity (Wildman–Crippen MR) is 64.5 cm³/mol. The first kappa shape index (κ1) is 12.3. The van der Waals surface area contributed by atoms with E-state index < -0.39 is 10.0 Å². The normalized spacial score (nSPS) is 37.0. The lowest BCUT2D eigenvalue weighted by Gasteiger charge is -2.47. The van der Waals surface area contributed by atoms with Crippen molar-refractivity contribution in [1.82, 2.24) is 4.90 Å². The minimum Gasteiger partial charge on any atom is -0.299 e. The highest BCUT2D eigenvalue weighted by Gasteiger charge is 2.43. The summed E-state index contributed by atoms with van der Waals surface area (Å²) in [5.74, 6) is 0.547. The topological polar surface area (TPSA) is 63.4 Å². The Morgan fingerprint density at radius 1 is 1.25 bits per heavy atom. The summed E-state index contributed by atoms with van der Waals surface area (Å²) in [6.45, 7) is 4.08. The molecule has 2 fully saturated rings. The number of nitrogens with two attached hydrogens (primary N) is 1. The highest BCUT2D eigenvalue weighted by Crippen LogP contribution is 2.37. The molecule has 2 rings (SSSR count). The van der Waals surface area contributed by atoms with Gasteiger partial charge in [-0.05, 0) is 44.7 Å². The molecule has 0 bridgehead atoms. The standard InChI is InChI=1S/C11H22N2O2S/c1-2-13-8-4-6-9-5-3-7-10(11(9)13)16(12,14)15/h9-11H,2-8H2,1H3,(H2,12,14,15)/t9-,10-,11-/m0/s1. The highest BCUT2D eigenvalue weighted by molar-refractivity contribution is 7.89. The van der Waals surface area contributed by atoms with Crippen LogP contribution < -0.4 is 5.14 Å². The largest absolute Gasteiger partial charge is 0.299 e. The minimum absolute atomic E-state index is 0.183. The fourth-order valence-corrected chi connectivity index (χ4v) is 4.79. The van der Waals surface area contributed by atoms with Crippen LogP contribution in [0.1, 0.15) is 39.0 Å². The predicted octanol–water partition coefficient (Wildman–Crippen LogP) is 0.928. The second-order valence-corrected chi connectivity index (χ2v) is 6.86. The summed E-state index contributed by atoms with van der Waals surface area (Å²) in [4.78, 5) is 2.32. The summed E-state index contributed by atoms with van der Waals surface area (Å²) < 4.78 is 23.3. The molecule has 16 heavy (non-hydrogen) atoms. The van der Waals surface area contributed by atoms with Gasteiger partial charge in [-0.1, -0.05) is 13.3 Å². The lowest BCUT2D eigenvalue weighted by atomic mass is 9.78. The third-order valence-electron chi connectivity index (χ3n) is 4.20. The SMILES string of the molecule is CCN1CCC[C@@H]2CCC[C@H](S(N)(=O)=O)[C@H]21. The Labute approximate surface area is 98.2 Å². The molecule has 3 atom stereocenters. The van der Waals surface area contributed by atoms with Crippen molar-refractivity contribution in [2.24, 2.45) is 11.1 Å². The van der Waals surface area contributed by atoms with Gasteiger partial charge in [-0.2, -0.15) is 0 Å². The summed E-state index contributed by atoms with van der Waals surface area (Å²) in [6.07, 6.45) is 5.31. The number of nitrogens with zero attached hydrogens (tertiary/aromatic N) is 1. The van der Waals surface area contributed by atoms with Gasteiger partial charge in [0, 0.05) is 6.04 Å². The molecule has 1 aliphatic heterocycles. The highest BCUT2D eigenvalue weighted by atomic mass is 32.2. The number of sulfonamides is 1. The van der Waals surface area contributed by atoms with Crippen molar-refractivity contribution in [3.63, 3.8) is 0 Å². The van der Waals surface area contributed by atoms with Crippen LogP contribution in [0.5, 0.6) is 0 Å². The Morgan fingerprint density at radius 3 is 2.56 bits per heavy atom. The summed E-state index contributed by atoms with van der Waals surface area (Å²) in [7, 11) is -3.38. The van der Waals surface area contributed by atoms with Crippen molar-refractivity contribution in [3.05, 3.63) is 0 Å². The van der Waals surface area contributed by atoms with Crippen molar-refractivity contribution < 1.29 is 8.42 Å². The van der Waals surface area contributed by atoms with E-state index in [-0.39, 0.29) is 11.3 Å². The number of fused-ring (bicyclic) bond motifs is 1. The molecule has 94 valence electrons. The number of primary sulfonamides is 1. The molecule has 0 aromatic carbocycles. The van der Waals surface area contributed by atoms with Crippen molar-refractivity contribution in [2.75, 3.05) is 13.1 Å². The van der Waals surface area contributed by atoms with Gasteiger partial charge in [0.05, 0.1) is 5.25 Å². The summed E-state index contributed by atoms with van der Waals surface area (Å²) in [5.41, 5.74) is 0. The van der Waals surface area contributed by atoms with Crippen LogP contribution in [-0.2, 0) is 10.0 Å². The zero-order chi connectivity index (χ0) is 11.8. The Kier molecular flexibility index (Phi) is 3.56. The number of hydrogen-bond acceptors (Lipinski definition) is 3. The molecular weight excluding hydrogens is 224 g/mol. The van der Waals surface area contributed by atoms with E-state index >= 15 is 0 Å². The molecule has 4 nitrogen and oxygen atoms in total. The van der Waals surface area contributed by atoms with Crippen molar-refractivity contribution in [1.29, 1.82) is 0 Å². The lowest BCUT2D eigenvalue weighted by molar-refractivity contribution is 0.0683. The van der Waals surface area contributed by atoms with E-state index in [0.717, 1.165) is 25.9 Å². The number of piperidine rings is 1. The van der Waals surface area contributed by atoms with Crippen LogP contribution in [0.25, 0.3) is 0 Å². The molecule has 0 spiro atoms. The van der Waals surface area contributed by atoms with Gasteiger partial charge in [-0.3, -0.25) is 4.90 Å². The quantitative estimate of drug-likeness (QED) is 0.788. The Balaban J connectivity index is 2.25. The second kappa shape index (κ2) is 4.63. The first-order chi connectivity index (χ1) is 7.54. The molecule has 2 N–H and O–H groups in total. The van der Waals surface area contributed by atoms with Gasteiger partial charge in [0.25, 0.3) is 0 Å². The first-order valence-electron chi connectivity index (χ1n) is 6.29. The fraction of sp³-hybridized carbons (Fsp3) is 1.00. The molecule has 1 heterocycles. The third-order valence-corrected chi connectivity index (χ3v) is 5.56. The van der Waals surface area contributed by atoms with Gasteiger partial charge in [-0.15, -0.1) is 0 Å².